The highest BCUT2D eigenvalue weighted by molar-refractivity contribution is 5.84. The van der Waals surface area contributed by atoms with Crippen LogP contribution in [0.25, 0.3) is 0 Å². The van der Waals surface area contributed by atoms with Crippen molar-refractivity contribution < 1.29 is 14.3 Å². The second-order valence-electron chi connectivity index (χ2n) is 4.71. The first-order valence-electron chi connectivity index (χ1n) is 5.99. The summed E-state index contributed by atoms with van der Waals surface area (Å²) in [6.07, 6.45) is 4.39. The van der Waals surface area contributed by atoms with Gasteiger partial charge in [-0.05, 0) is 31.9 Å². The van der Waals surface area contributed by atoms with E-state index in [0.29, 0.717) is 18.2 Å². The third-order valence-corrected chi connectivity index (χ3v) is 3.22. The van der Waals surface area contributed by atoms with Gasteiger partial charge in [0.2, 0.25) is 5.76 Å². The molecule has 0 atom stereocenters. The van der Waals surface area contributed by atoms with Crippen molar-refractivity contribution in [2.45, 2.75) is 32.2 Å². The Balaban J connectivity index is 1.80. The van der Waals surface area contributed by atoms with Crippen LogP contribution in [0.2, 0.25) is 0 Å². The molecule has 0 spiro atoms. The number of carboxylic acid groups (broad SMARTS) is 1. The molecule has 0 aromatic carbocycles. The van der Waals surface area contributed by atoms with Gasteiger partial charge in [0.1, 0.15) is 5.76 Å². The maximum atomic E-state index is 10.8. The van der Waals surface area contributed by atoms with Crippen molar-refractivity contribution in [3.63, 3.8) is 0 Å². The summed E-state index contributed by atoms with van der Waals surface area (Å²) in [5.74, 6) is 0.211. The zero-order chi connectivity index (χ0) is 12.7. The molecule has 1 aliphatic carbocycles. The number of carbonyl (C=O) groups is 1. The van der Waals surface area contributed by atoms with Crippen molar-refractivity contribution in [1.82, 2.24) is 9.78 Å². The number of nitrogens with zero attached hydrogens (tertiary/aromatic N) is 2. The van der Waals surface area contributed by atoms with Gasteiger partial charge in [0, 0.05) is 17.7 Å². The van der Waals surface area contributed by atoms with Crippen molar-refractivity contribution in [3.8, 4) is 0 Å². The Morgan fingerprint density at radius 2 is 2.39 bits per heavy atom. The fraction of sp³-hybridized carbons (Fsp3) is 0.385. The fourth-order valence-corrected chi connectivity index (χ4v) is 2.02. The molecule has 2 aromatic heterocycles. The van der Waals surface area contributed by atoms with E-state index in [1.165, 1.54) is 12.8 Å². The molecule has 0 saturated heterocycles. The van der Waals surface area contributed by atoms with E-state index in [9.17, 15) is 4.79 Å². The highest BCUT2D eigenvalue weighted by Gasteiger charge is 2.25. The molecule has 2 heterocycles. The van der Waals surface area contributed by atoms with Crippen LogP contribution in [-0.2, 0) is 6.54 Å². The number of aromatic carboxylic acids is 1. The quantitative estimate of drug-likeness (QED) is 0.899. The molecule has 0 radical (unpaired) electrons. The number of aryl methyl sites for hydroxylation is 1. The lowest BCUT2D eigenvalue weighted by Crippen LogP contribution is -2.01. The first kappa shape index (κ1) is 11.1. The van der Waals surface area contributed by atoms with Gasteiger partial charge in [-0.2, -0.15) is 5.10 Å². The maximum Gasteiger partial charge on any atom is 0.371 e. The summed E-state index contributed by atoms with van der Waals surface area (Å²) < 4.78 is 7.00. The molecule has 5 heteroatoms. The molecule has 2 aromatic rings. The van der Waals surface area contributed by atoms with Crippen molar-refractivity contribution in [1.29, 1.82) is 0 Å². The molecule has 1 saturated carbocycles. The molecule has 1 aliphatic rings. The molecule has 1 N–H and O–H groups in total. The van der Waals surface area contributed by atoms with Crippen molar-refractivity contribution in [3.05, 3.63) is 41.1 Å². The molecule has 0 amide bonds. The second-order valence-corrected chi connectivity index (χ2v) is 4.71. The number of rotatable bonds is 4. The van der Waals surface area contributed by atoms with Gasteiger partial charge in [0.05, 0.1) is 12.2 Å². The fourth-order valence-electron chi connectivity index (χ4n) is 2.02. The standard InChI is InChI=1S/C13H14N2O3/c1-8-10(6-12(18-8)13(16)17)7-15-5-4-11(14-15)9-2-3-9/h4-6,9H,2-3,7H2,1H3,(H,16,17). The lowest BCUT2D eigenvalue weighted by Gasteiger charge is -1.99. The summed E-state index contributed by atoms with van der Waals surface area (Å²) in [6.45, 7) is 2.32. The Bertz CT molecular complexity index is 593. The van der Waals surface area contributed by atoms with Gasteiger partial charge < -0.3 is 9.52 Å². The number of aromatic nitrogens is 2. The zero-order valence-electron chi connectivity index (χ0n) is 10.1. The van der Waals surface area contributed by atoms with E-state index in [1.807, 2.05) is 16.9 Å². The minimum Gasteiger partial charge on any atom is -0.475 e. The number of carboxylic acids is 1. The lowest BCUT2D eigenvalue weighted by atomic mass is 10.2. The van der Waals surface area contributed by atoms with E-state index in [1.54, 1.807) is 13.0 Å². The summed E-state index contributed by atoms with van der Waals surface area (Å²) in [5, 5.41) is 13.3. The van der Waals surface area contributed by atoms with Gasteiger partial charge >= 0.3 is 5.97 Å². The number of hydrogen-bond donors (Lipinski definition) is 1. The molecule has 0 unspecified atom stereocenters. The van der Waals surface area contributed by atoms with Gasteiger partial charge in [0.15, 0.2) is 0 Å². The van der Waals surface area contributed by atoms with E-state index >= 15 is 0 Å². The summed E-state index contributed by atoms with van der Waals surface area (Å²) in [7, 11) is 0. The van der Waals surface area contributed by atoms with Crippen LogP contribution in [0.15, 0.2) is 22.7 Å². The van der Waals surface area contributed by atoms with Gasteiger partial charge in [-0.1, -0.05) is 0 Å². The van der Waals surface area contributed by atoms with E-state index in [2.05, 4.69) is 5.10 Å². The van der Waals surface area contributed by atoms with Gasteiger partial charge in [-0.25, -0.2) is 4.79 Å². The molecule has 3 rings (SSSR count). The average molecular weight is 246 g/mol. The Labute approximate surface area is 104 Å². The second kappa shape index (κ2) is 4.01. The number of hydrogen-bond acceptors (Lipinski definition) is 3. The predicted molar refractivity (Wildman–Crippen MR) is 63.7 cm³/mol. The lowest BCUT2D eigenvalue weighted by molar-refractivity contribution is 0.0661. The van der Waals surface area contributed by atoms with Gasteiger partial charge in [0.25, 0.3) is 0 Å². The Morgan fingerprint density at radius 1 is 1.61 bits per heavy atom. The number of furan rings is 1. The summed E-state index contributed by atoms with van der Waals surface area (Å²) >= 11 is 0. The summed E-state index contributed by atoms with van der Waals surface area (Å²) in [6, 6.07) is 3.60. The highest BCUT2D eigenvalue weighted by atomic mass is 16.4. The minimum atomic E-state index is -1.04. The first-order valence-corrected chi connectivity index (χ1v) is 5.99. The van der Waals surface area contributed by atoms with E-state index in [4.69, 9.17) is 9.52 Å². The molecule has 5 nitrogen and oxygen atoms in total. The van der Waals surface area contributed by atoms with Crippen molar-refractivity contribution in [2.24, 2.45) is 0 Å². The largest absolute Gasteiger partial charge is 0.475 e. The first-order chi connectivity index (χ1) is 8.63. The molecule has 94 valence electrons. The zero-order valence-corrected chi connectivity index (χ0v) is 10.1. The van der Waals surface area contributed by atoms with Crippen LogP contribution in [-0.4, -0.2) is 20.9 Å². The van der Waals surface area contributed by atoms with Crippen LogP contribution in [0.3, 0.4) is 0 Å². The molecule has 1 fully saturated rings. The molecule has 0 bridgehead atoms. The maximum absolute atomic E-state index is 10.8. The van der Waals surface area contributed by atoms with Crippen molar-refractivity contribution >= 4 is 5.97 Å². The van der Waals surface area contributed by atoms with Crippen LogP contribution in [0, 0.1) is 6.92 Å². The third-order valence-electron chi connectivity index (χ3n) is 3.22. The summed E-state index contributed by atoms with van der Waals surface area (Å²) in [5.41, 5.74) is 1.99. The Morgan fingerprint density at radius 3 is 3.00 bits per heavy atom. The Hall–Kier alpha value is -2.04. The molecule has 0 aliphatic heterocycles. The average Bonchev–Trinajstić information content (AvgIpc) is 2.97. The van der Waals surface area contributed by atoms with Crippen LogP contribution in [0.5, 0.6) is 0 Å². The van der Waals surface area contributed by atoms with E-state index in [-0.39, 0.29) is 5.76 Å². The van der Waals surface area contributed by atoms with E-state index in [0.717, 1.165) is 11.3 Å². The van der Waals surface area contributed by atoms with Crippen LogP contribution in [0.1, 0.15) is 46.3 Å². The van der Waals surface area contributed by atoms with Gasteiger partial charge in [-0.15, -0.1) is 0 Å². The third kappa shape index (κ3) is 2.03. The summed E-state index contributed by atoms with van der Waals surface area (Å²) in [4.78, 5) is 10.8. The monoisotopic (exact) mass is 246 g/mol. The minimum absolute atomic E-state index is 0.0166. The normalized spacial score (nSPS) is 14.9. The Kier molecular flexibility index (Phi) is 2.47. The molecular formula is C13H14N2O3. The molecular weight excluding hydrogens is 232 g/mol. The predicted octanol–water partition coefficient (Wildman–Crippen LogP) is 2.41. The van der Waals surface area contributed by atoms with Crippen LogP contribution in [0.4, 0.5) is 0 Å². The highest BCUT2D eigenvalue weighted by Crippen LogP contribution is 2.38. The van der Waals surface area contributed by atoms with Gasteiger partial charge in [-0.3, -0.25) is 4.68 Å². The topological polar surface area (TPSA) is 68.3 Å². The van der Waals surface area contributed by atoms with Crippen molar-refractivity contribution in [2.75, 3.05) is 0 Å². The van der Waals surface area contributed by atoms with E-state index < -0.39 is 5.97 Å². The van der Waals surface area contributed by atoms with Crippen LogP contribution >= 0.6 is 0 Å². The smallest absolute Gasteiger partial charge is 0.371 e. The SMILES string of the molecule is Cc1oc(C(=O)O)cc1Cn1ccc(C2CC2)n1. The molecule has 18 heavy (non-hydrogen) atoms. The van der Waals surface area contributed by atoms with Crippen LogP contribution < -0.4 is 0 Å².